The van der Waals surface area contributed by atoms with Gasteiger partial charge in [-0.2, -0.15) is 14.9 Å². The molecule has 0 spiro atoms. The number of phenols is 2. The van der Waals surface area contributed by atoms with Crippen LogP contribution in [-0.2, 0) is 0 Å². The number of nitrogens with zero attached hydrogens (tertiary/aromatic N) is 3. The fraction of sp³-hybridized carbons (Fsp3) is 0. The number of para-hydroxylation sites is 1. The van der Waals surface area contributed by atoms with Crippen LogP contribution in [0.5, 0.6) is 11.5 Å². The molecule has 0 saturated heterocycles. The van der Waals surface area contributed by atoms with Crippen LogP contribution in [0.4, 0.5) is 0 Å². The second kappa shape index (κ2) is 6.35. The topological polar surface area (TPSA) is 86.4 Å². The lowest BCUT2D eigenvalue weighted by Gasteiger charge is -2.04. The first-order chi connectivity index (χ1) is 11.1. The number of rotatable bonds is 3. The molecule has 3 aromatic rings. The number of aromatic nitrogens is 3. The van der Waals surface area contributed by atoms with Crippen LogP contribution in [0.1, 0.15) is 5.56 Å². The Kier molecular flexibility index (Phi) is 4.26. The average Bonchev–Trinajstić information content (AvgIpc) is 2.90. The first kappa shape index (κ1) is 15.4. The predicted molar refractivity (Wildman–Crippen MR) is 93.3 cm³/mol. The number of halogens is 1. The minimum absolute atomic E-state index is 0.212. The predicted octanol–water partition coefficient (Wildman–Crippen LogP) is 3.66. The maximum Gasteiger partial charge on any atom is 0.216 e. The Hall–Kier alpha value is -2.45. The van der Waals surface area contributed by atoms with Crippen LogP contribution in [0, 0.1) is 4.77 Å². The Balaban J connectivity index is 2.07. The van der Waals surface area contributed by atoms with Crippen LogP contribution in [-0.4, -0.2) is 31.3 Å². The van der Waals surface area contributed by atoms with Gasteiger partial charge in [0.05, 0.1) is 6.21 Å². The third kappa shape index (κ3) is 3.03. The molecule has 0 bridgehead atoms. The highest BCUT2D eigenvalue weighted by atomic mass is 79.9. The number of hydrogen-bond acceptors (Lipinski definition) is 5. The summed E-state index contributed by atoms with van der Waals surface area (Å²) < 4.78 is 2.61. The van der Waals surface area contributed by atoms with Gasteiger partial charge in [0.1, 0.15) is 0 Å². The van der Waals surface area contributed by atoms with Gasteiger partial charge in [0.15, 0.2) is 17.3 Å². The van der Waals surface area contributed by atoms with Crippen LogP contribution >= 0.6 is 28.1 Å². The molecule has 1 heterocycles. The van der Waals surface area contributed by atoms with Gasteiger partial charge < -0.3 is 10.2 Å². The molecule has 0 fully saturated rings. The molecule has 0 atom stereocenters. The van der Waals surface area contributed by atoms with Crippen molar-refractivity contribution in [1.82, 2.24) is 14.9 Å². The molecule has 3 rings (SSSR count). The van der Waals surface area contributed by atoms with Crippen molar-refractivity contribution in [3.8, 4) is 22.9 Å². The third-order valence-corrected chi connectivity index (χ3v) is 4.08. The molecular formula is C15H11BrN4O2S. The Labute approximate surface area is 144 Å². The van der Waals surface area contributed by atoms with E-state index < -0.39 is 0 Å². The van der Waals surface area contributed by atoms with E-state index in [0.717, 1.165) is 10.0 Å². The van der Waals surface area contributed by atoms with E-state index in [4.69, 9.17) is 12.2 Å². The number of aromatic amines is 1. The number of phenolic OH excluding ortho intramolecular Hbond substituents is 2. The standard InChI is InChI=1S/C15H11BrN4O2S/c16-11-6-2-1-5-10(11)14-18-19-15(23)20(14)17-8-9-4-3-7-12(21)13(9)22/h1-8,21-22H,(H,19,23)/b17-8+. The summed E-state index contributed by atoms with van der Waals surface area (Å²) in [6.45, 7) is 0. The molecule has 3 N–H and O–H groups in total. The summed E-state index contributed by atoms with van der Waals surface area (Å²) in [5.41, 5.74) is 1.18. The molecule has 0 amide bonds. The zero-order valence-corrected chi connectivity index (χ0v) is 14.0. The molecule has 2 aromatic carbocycles. The summed E-state index contributed by atoms with van der Waals surface area (Å²) in [6.07, 6.45) is 1.40. The van der Waals surface area contributed by atoms with Gasteiger partial charge in [-0.1, -0.05) is 34.1 Å². The van der Waals surface area contributed by atoms with Gasteiger partial charge in [-0.15, -0.1) is 0 Å². The van der Waals surface area contributed by atoms with E-state index in [9.17, 15) is 10.2 Å². The number of H-pyrrole nitrogens is 1. The monoisotopic (exact) mass is 390 g/mol. The third-order valence-electron chi connectivity index (χ3n) is 3.12. The van der Waals surface area contributed by atoms with Crippen molar-refractivity contribution in [2.45, 2.75) is 0 Å². The van der Waals surface area contributed by atoms with Crippen molar-refractivity contribution in [2.75, 3.05) is 0 Å². The van der Waals surface area contributed by atoms with Gasteiger partial charge in [0, 0.05) is 15.6 Å². The van der Waals surface area contributed by atoms with E-state index in [1.54, 1.807) is 12.1 Å². The van der Waals surface area contributed by atoms with Crippen molar-refractivity contribution in [2.24, 2.45) is 5.10 Å². The summed E-state index contributed by atoms with van der Waals surface area (Å²) in [5, 5.41) is 30.5. The van der Waals surface area contributed by atoms with Crippen molar-refractivity contribution in [3.05, 3.63) is 57.3 Å². The van der Waals surface area contributed by atoms with Crippen LogP contribution in [0.25, 0.3) is 11.4 Å². The van der Waals surface area contributed by atoms with Crippen LogP contribution in [0.2, 0.25) is 0 Å². The van der Waals surface area contributed by atoms with E-state index >= 15 is 0 Å². The smallest absolute Gasteiger partial charge is 0.216 e. The van der Waals surface area contributed by atoms with Gasteiger partial charge in [0.2, 0.25) is 4.77 Å². The van der Waals surface area contributed by atoms with Crippen molar-refractivity contribution >= 4 is 34.4 Å². The van der Waals surface area contributed by atoms with E-state index in [1.807, 2.05) is 24.3 Å². The molecule has 0 aliphatic carbocycles. The van der Waals surface area contributed by atoms with Crippen LogP contribution in [0.15, 0.2) is 52.0 Å². The highest BCUT2D eigenvalue weighted by Crippen LogP contribution is 2.28. The highest BCUT2D eigenvalue weighted by molar-refractivity contribution is 9.10. The van der Waals surface area contributed by atoms with Gasteiger partial charge in [-0.25, -0.2) is 5.10 Å². The van der Waals surface area contributed by atoms with Gasteiger partial charge in [-0.05, 0) is 36.5 Å². The van der Waals surface area contributed by atoms with Crippen molar-refractivity contribution < 1.29 is 10.2 Å². The molecule has 0 aliphatic rings. The quantitative estimate of drug-likeness (QED) is 0.361. The lowest BCUT2D eigenvalue weighted by molar-refractivity contribution is 0.403. The van der Waals surface area contributed by atoms with Gasteiger partial charge in [-0.3, -0.25) is 0 Å². The molecule has 0 saturated carbocycles. The molecular weight excluding hydrogens is 380 g/mol. The highest BCUT2D eigenvalue weighted by Gasteiger charge is 2.11. The lowest BCUT2D eigenvalue weighted by atomic mass is 10.2. The molecule has 0 aliphatic heterocycles. The second-order valence-corrected chi connectivity index (χ2v) is 5.84. The number of hydrogen-bond donors (Lipinski definition) is 3. The van der Waals surface area contributed by atoms with Gasteiger partial charge in [0.25, 0.3) is 0 Å². The fourth-order valence-electron chi connectivity index (χ4n) is 1.99. The van der Waals surface area contributed by atoms with E-state index in [-0.39, 0.29) is 11.5 Å². The molecule has 0 radical (unpaired) electrons. The number of aromatic hydroxyl groups is 2. The maximum absolute atomic E-state index is 9.82. The number of benzene rings is 2. The zero-order valence-electron chi connectivity index (χ0n) is 11.6. The number of nitrogens with one attached hydrogen (secondary N) is 1. The lowest BCUT2D eigenvalue weighted by Crippen LogP contribution is -1.95. The molecule has 8 heteroatoms. The fourth-order valence-corrected chi connectivity index (χ4v) is 2.63. The Bertz CT molecular complexity index is 949. The van der Waals surface area contributed by atoms with E-state index in [0.29, 0.717) is 16.2 Å². The Morgan fingerprint density at radius 1 is 1.17 bits per heavy atom. The average molecular weight is 391 g/mol. The second-order valence-electron chi connectivity index (χ2n) is 4.60. The van der Waals surface area contributed by atoms with Crippen molar-refractivity contribution in [3.63, 3.8) is 0 Å². The molecule has 1 aromatic heterocycles. The summed E-state index contributed by atoms with van der Waals surface area (Å²) in [7, 11) is 0. The first-order valence-electron chi connectivity index (χ1n) is 6.55. The largest absolute Gasteiger partial charge is 0.504 e. The van der Waals surface area contributed by atoms with Crippen LogP contribution in [0.3, 0.4) is 0 Å². The summed E-state index contributed by atoms with van der Waals surface area (Å²) in [5.74, 6) is 0.0721. The van der Waals surface area contributed by atoms with Crippen LogP contribution < -0.4 is 0 Å². The minimum Gasteiger partial charge on any atom is -0.504 e. The minimum atomic E-state index is -0.242. The normalized spacial score (nSPS) is 11.2. The first-order valence-corrected chi connectivity index (χ1v) is 7.75. The zero-order chi connectivity index (χ0) is 16.4. The van der Waals surface area contributed by atoms with Gasteiger partial charge >= 0.3 is 0 Å². The molecule has 6 nitrogen and oxygen atoms in total. The molecule has 23 heavy (non-hydrogen) atoms. The van der Waals surface area contributed by atoms with E-state index in [2.05, 4.69) is 31.2 Å². The Morgan fingerprint density at radius 3 is 2.74 bits per heavy atom. The van der Waals surface area contributed by atoms with Crippen molar-refractivity contribution in [1.29, 1.82) is 0 Å². The maximum atomic E-state index is 9.82. The summed E-state index contributed by atoms with van der Waals surface area (Å²) in [4.78, 5) is 0. The summed E-state index contributed by atoms with van der Waals surface area (Å²) in [6, 6.07) is 12.2. The Morgan fingerprint density at radius 2 is 1.96 bits per heavy atom. The molecule has 0 unspecified atom stereocenters. The SMILES string of the molecule is Oc1cccc(/C=N/n2c(-c3ccccc3Br)n[nH]c2=S)c1O. The van der Waals surface area contributed by atoms with E-state index in [1.165, 1.54) is 17.0 Å². The molecule has 116 valence electrons. The summed E-state index contributed by atoms with van der Waals surface area (Å²) >= 11 is 8.66.